The van der Waals surface area contributed by atoms with Crippen molar-refractivity contribution in [2.75, 3.05) is 28.4 Å². The van der Waals surface area contributed by atoms with Gasteiger partial charge in [0.15, 0.2) is 5.75 Å². The molecule has 202 valence electrons. The molecule has 2 aromatic rings. The van der Waals surface area contributed by atoms with E-state index in [0.29, 0.717) is 22.7 Å². The molecule has 0 saturated carbocycles. The quantitative estimate of drug-likeness (QED) is 0.145. The van der Waals surface area contributed by atoms with Gasteiger partial charge in [-0.1, -0.05) is 38.8 Å². The van der Waals surface area contributed by atoms with Crippen LogP contribution in [0.2, 0.25) is 0 Å². The van der Waals surface area contributed by atoms with E-state index in [4.69, 9.17) is 16.3 Å². The summed E-state index contributed by atoms with van der Waals surface area (Å²) in [6.07, 6.45) is 3.25. The van der Waals surface area contributed by atoms with Gasteiger partial charge in [0.05, 0.1) is 24.2 Å². The number of anilines is 3. The van der Waals surface area contributed by atoms with Crippen LogP contribution in [0.4, 0.5) is 17.1 Å². The van der Waals surface area contributed by atoms with Crippen molar-refractivity contribution >= 4 is 40.8 Å². The first-order chi connectivity index (χ1) is 17.1. The fraction of sp³-hybridized carbons (Fsp3) is 0.407. The summed E-state index contributed by atoms with van der Waals surface area (Å²) >= 11 is 1.44. The number of carbonyl (C=O) groups excluding carboxylic acids is 2. The van der Waals surface area contributed by atoms with Crippen LogP contribution in [0.15, 0.2) is 42.2 Å². The van der Waals surface area contributed by atoms with Crippen LogP contribution in [0.5, 0.6) is 5.75 Å². The lowest BCUT2D eigenvalue weighted by Gasteiger charge is -2.24. The van der Waals surface area contributed by atoms with Crippen LogP contribution < -0.4 is 36.7 Å². The molecule has 7 N–H and O–H groups in total. The molecule has 0 bridgehead atoms. The van der Waals surface area contributed by atoms with Gasteiger partial charge in [0.25, 0.3) is 11.8 Å². The van der Waals surface area contributed by atoms with Crippen molar-refractivity contribution in [3.8, 4) is 5.75 Å². The highest BCUT2D eigenvalue weighted by molar-refractivity contribution is 7.99. The minimum absolute atomic E-state index is 0.0516. The number of benzene rings is 2. The third kappa shape index (κ3) is 8.06. The van der Waals surface area contributed by atoms with Crippen LogP contribution in [-0.2, 0) is 10.2 Å². The lowest BCUT2D eigenvalue weighted by molar-refractivity contribution is -0.118. The Morgan fingerprint density at radius 3 is 2.22 bits per heavy atom. The fourth-order valence-corrected chi connectivity index (χ4v) is 3.85. The number of nitrogens with two attached hydrogens (primary N) is 2. The predicted octanol–water partition coefficient (Wildman–Crippen LogP) is 4.64. The summed E-state index contributed by atoms with van der Waals surface area (Å²) in [5.41, 5.74) is 9.37. The minimum Gasteiger partial charge on any atom is -0.492 e. The van der Waals surface area contributed by atoms with Gasteiger partial charge in [0.2, 0.25) is 0 Å². The van der Waals surface area contributed by atoms with Gasteiger partial charge in [0.1, 0.15) is 5.70 Å². The number of nitrogens with one attached hydrogen (secondary N) is 3. The molecule has 0 spiro atoms. The number of hydrazine groups is 1. The summed E-state index contributed by atoms with van der Waals surface area (Å²) in [5, 5.41) is 7.01. The van der Waals surface area contributed by atoms with Gasteiger partial charge in [-0.15, -0.1) is 0 Å². The third-order valence-corrected chi connectivity index (χ3v) is 5.82. The van der Waals surface area contributed by atoms with E-state index in [1.807, 2.05) is 46.1 Å². The topological polar surface area (TPSA) is 135 Å². The molecular formula is C27H40N6O3S. The zero-order chi connectivity index (χ0) is 28.1. The average Bonchev–Trinajstić information content (AvgIpc) is 2.77. The first-order valence-corrected chi connectivity index (χ1v) is 13.1. The molecule has 0 heterocycles. The normalized spacial score (nSPS) is 12.1. The van der Waals surface area contributed by atoms with Crippen molar-refractivity contribution in [3.63, 3.8) is 0 Å². The molecule has 2 aromatic carbocycles. The molecule has 0 aromatic heterocycles. The Kier molecular flexibility index (Phi) is 9.51. The van der Waals surface area contributed by atoms with Crippen LogP contribution in [-0.4, -0.2) is 30.7 Å². The standard InChI is InChI=1S/C27H40N6O3S/c1-16-10-11-17(12-22(16)33(29)15-19(28)25(35)31-27(5,6)7)24(34)30-20-13-18(26(2,3)4)14-21(32-37-9)23(20)36-8/h10-15,32H,28-29H2,1-9H3,(H,30,34)(H,31,35)/b19-15-. The zero-order valence-electron chi connectivity index (χ0n) is 23.2. The van der Waals surface area contributed by atoms with Crippen LogP contribution in [0.25, 0.3) is 0 Å². The highest BCUT2D eigenvalue weighted by atomic mass is 32.2. The number of methoxy groups -OCH3 is 1. The van der Waals surface area contributed by atoms with Gasteiger partial charge in [-0.25, -0.2) is 5.84 Å². The average molecular weight is 529 g/mol. The number of aryl methyl sites for hydroxylation is 1. The van der Waals surface area contributed by atoms with Crippen LogP contribution in [0, 0.1) is 6.92 Å². The van der Waals surface area contributed by atoms with Gasteiger partial charge >= 0.3 is 0 Å². The molecular weight excluding hydrogens is 488 g/mol. The highest BCUT2D eigenvalue weighted by Crippen LogP contribution is 2.39. The first-order valence-electron chi connectivity index (χ1n) is 11.8. The van der Waals surface area contributed by atoms with Crippen molar-refractivity contribution in [2.24, 2.45) is 11.6 Å². The molecule has 0 aliphatic heterocycles. The second-order valence-corrected chi connectivity index (χ2v) is 11.4. The molecule has 0 fully saturated rings. The van der Waals surface area contributed by atoms with E-state index in [0.717, 1.165) is 16.8 Å². The van der Waals surface area contributed by atoms with Crippen molar-refractivity contribution in [3.05, 3.63) is 58.9 Å². The molecule has 0 atom stereocenters. The lowest BCUT2D eigenvalue weighted by atomic mass is 9.86. The molecule has 9 nitrogen and oxygen atoms in total. The van der Waals surface area contributed by atoms with Crippen LogP contribution in [0.1, 0.15) is 63.0 Å². The Labute approximate surface area is 224 Å². The second-order valence-electron chi connectivity index (χ2n) is 10.8. The fourth-order valence-electron chi connectivity index (χ4n) is 3.47. The molecule has 0 unspecified atom stereocenters. The molecule has 37 heavy (non-hydrogen) atoms. The zero-order valence-corrected chi connectivity index (χ0v) is 24.0. The second kappa shape index (κ2) is 11.8. The maximum absolute atomic E-state index is 13.3. The van der Waals surface area contributed by atoms with E-state index in [1.165, 1.54) is 23.2 Å². The summed E-state index contributed by atoms with van der Waals surface area (Å²) < 4.78 is 8.87. The van der Waals surface area contributed by atoms with Crippen molar-refractivity contribution < 1.29 is 14.3 Å². The van der Waals surface area contributed by atoms with Crippen molar-refractivity contribution in [2.45, 2.75) is 59.4 Å². The van der Waals surface area contributed by atoms with E-state index in [9.17, 15) is 9.59 Å². The molecule has 10 heteroatoms. The number of carbonyl (C=O) groups is 2. The van der Waals surface area contributed by atoms with Gasteiger partial charge in [-0.3, -0.25) is 14.6 Å². The number of rotatable bonds is 8. The Hall–Kier alpha value is -3.37. The summed E-state index contributed by atoms with van der Waals surface area (Å²) in [7, 11) is 1.57. The maximum atomic E-state index is 13.3. The van der Waals surface area contributed by atoms with Gasteiger partial charge in [-0.05, 0) is 68.5 Å². The van der Waals surface area contributed by atoms with E-state index >= 15 is 0 Å². The third-order valence-electron chi connectivity index (χ3n) is 5.40. The van der Waals surface area contributed by atoms with E-state index in [2.05, 4.69) is 36.1 Å². The largest absolute Gasteiger partial charge is 0.492 e. The summed E-state index contributed by atoms with van der Waals surface area (Å²) in [4.78, 5) is 25.7. The summed E-state index contributed by atoms with van der Waals surface area (Å²) in [6, 6.07) is 9.09. The molecule has 0 saturated heterocycles. The Balaban J connectivity index is 2.41. The Morgan fingerprint density at radius 1 is 1.05 bits per heavy atom. The lowest BCUT2D eigenvalue weighted by Crippen LogP contribution is -2.43. The number of hydrogen-bond acceptors (Lipinski definition) is 8. The molecule has 0 aliphatic rings. The number of nitrogens with zero attached hydrogens (tertiary/aromatic N) is 1. The van der Waals surface area contributed by atoms with Crippen LogP contribution in [0.3, 0.4) is 0 Å². The highest BCUT2D eigenvalue weighted by Gasteiger charge is 2.22. The molecule has 2 rings (SSSR count). The van der Waals surface area contributed by atoms with Gasteiger partial charge in [-0.2, -0.15) is 0 Å². The van der Waals surface area contributed by atoms with E-state index in [-0.39, 0.29) is 17.0 Å². The molecule has 0 aliphatic carbocycles. The molecule has 0 radical (unpaired) electrons. The summed E-state index contributed by atoms with van der Waals surface area (Å²) in [5.74, 6) is 5.98. The van der Waals surface area contributed by atoms with Gasteiger partial charge < -0.3 is 25.8 Å². The van der Waals surface area contributed by atoms with E-state index < -0.39 is 11.4 Å². The van der Waals surface area contributed by atoms with Crippen molar-refractivity contribution in [1.29, 1.82) is 0 Å². The SMILES string of the molecule is COc1c(NSC)cc(C(C)(C)C)cc1NC(=O)c1ccc(C)c(N(N)/C=C(\N)C(=O)NC(C)(C)C)c1. The number of ether oxygens (including phenoxy) is 1. The molecule has 2 amide bonds. The minimum atomic E-state index is -0.445. The van der Waals surface area contributed by atoms with Crippen molar-refractivity contribution in [1.82, 2.24) is 5.32 Å². The smallest absolute Gasteiger partial charge is 0.269 e. The number of hydrogen-bond donors (Lipinski definition) is 5. The maximum Gasteiger partial charge on any atom is 0.269 e. The summed E-state index contributed by atoms with van der Waals surface area (Å²) in [6.45, 7) is 13.7. The van der Waals surface area contributed by atoms with E-state index in [1.54, 1.807) is 25.3 Å². The number of amides is 2. The first kappa shape index (κ1) is 29.9. The van der Waals surface area contributed by atoms with Crippen LogP contribution >= 0.6 is 11.9 Å². The Bertz CT molecular complexity index is 1180. The monoisotopic (exact) mass is 528 g/mol. The Morgan fingerprint density at radius 2 is 1.68 bits per heavy atom. The predicted molar refractivity (Wildman–Crippen MR) is 155 cm³/mol. The van der Waals surface area contributed by atoms with Gasteiger partial charge in [0, 0.05) is 23.6 Å².